The largest absolute Gasteiger partial charge is 0.416 e. The summed E-state index contributed by atoms with van der Waals surface area (Å²) in [4.78, 5) is 14.1. The fourth-order valence-electron chi connectivity index (χ4n) is 2.88. The van der Waals surface area contributed by atoms with Crippen LogP contribution in [-0.4, -0.2) is 37.0 Å². The molecule has 1 amide bonds. The van der Waals surface area contributed by atoms with Crippen molar-refractivity contribution >= 4 is 18.3 Å². The molecule has 1 saturated carbocycles. The lowest BCUT2D eigenvalue weighted by Crippen LogP contribution is -2.47. The van der Waals surface area contributed by atoms with Gasteiger partial charge >= 0.3 is 6.18 Å². The van der Waals surface area contributed by atoms with Crippen molar-refractivity contribution in [3.8, 4) is 0 Å². The van der Waals surface area contributed by atoms with Gasteiger partial charge in [0.15, 0.2) is 0 Å². The van der Waals surface area contributed by atoms with Crippen LogP contribution in [0.15, 0.2) is 24.3 Å². The molecule has 1 aliphatic carbocycles. The number of alkyl halides is 3. The Hall–Kier alpha value is -1.27. The maximum atomic E-state index is 12.5. The van der Waals surface area contributed by atoms with Crippen molar-refractivity contribution in [1.82, 2.24) is 10.2 Å². The lowest BCUT2D eigenvalue weighted by Gasteiger charge is -2.27. The second-order valence-corrected chi connectivity index (χ2v) is 5.64. The molecule has 7 heteroatoms. The lowest BCUT2D eigenvalue weighted by atomic mass is 10.1. The second kappa shape index (κ2) is 6.46. The van der Waals surface area contributed by atoms with Gasteiger partial charge < -0.3 is 10.2 Å². The number of carbonyl (C=O) groups excluding carboxylic acids is 1. The van der Waals surface area contributed by atoms with Crippen LogP contribution in [0.5, 0.6) is 0 Å². The zero-order chi connectivity index (χ0) is 15.0. The van der Waals surface area contributed by atoms with E-state index >= 15 is 0 Å². The Morgan fingerprint density at radius 2 is 1.73 bits per heavy atom. The number of piperazine rings is 1. The molecule has 22 heavy (non-hydrogen) atoms. The third kappa shape index (κ3) is 3.55. The fourth-order valence-corrected chi connectivity index (χ4v) is 2.88. The normalized spacial score (nSPS) is 24.6. The van der Waals surface area contributed by atoms with Crippen LogP contribution in [-0.2, 0) is 11.0 Å². The van der Waals surface area contributed by atoms with Gasteiger partial charge in [-0.2, -0.15) is 13.2 Å². The van der Waals surface area contributed by atoms with E-state index in [0.717, 1.165) is 50.3 Å². The van der Waals surface area contributed by atoms with Gasteiger partial charge in [-0.15, -0.1) is 12.4 Å². The molecule has 0 radical (unpaired) electrons. The molecule has 1 aromatic rings. The number of nitrogens with zero attached hydrogens (tertiary/aromatic N) is 1. The molecule has 0 bridgehead atoms. The van der Waals surface area contributed by atoms with Crippen LogP contribution in [0.4, 0.5) is 13.2 Å². The Morgan fingerprint density at radius 1 is 1.14 bits per heavy atom. The van der Waals surface area contributed by atoms with Gasteiger partial charge in [0.1, 0.15) is 0 Å². The van der Waals surface area contributed by atoms with E-state index in [-0.39, 0.29) is 30.2 Å². The van der Waals surface area contributed by atoms with Gasteiger partial charge in [-0.1, -0.05) is 12.1 Å². The van der Waals surface area contributed by atoms with E-state index in [9.17, 15) is 18.0 Å². The minimum absolute atomic E-state index is 0. The summed E-state index contributed by atoms with van der Waals surface area (Å²) >= 11 is 0. The number of hydrogen-bond donors (Lipinski definition) is 1. The molecular weight excluding hydrogens is 317 g/mol. The maximum Gasteiger partial charge on any atom is 0.416 e. The Morgan fingerprint density at radius 3 is 2.27 bits per heavy atom. The van der Waals surface area contributed by atoms with Crippen molar-refractivity contribution in [2.75, 3.05) is 26.2 Å². The van der Waals surface area contributed by atoms with E-state index in [1.807, 2.05) is 4.90 Å². The molecule has 1 N–H and O–H groups in total. The van der Waals surface area contributed by atoms with E-state index in [4.69, 9.17) is 0 Å². The van der Waals surface area contributed by atoms with Gasteiger partial charge in [-0.3, -0.25) is 4.79 Å². The topological polar surface area (TPSA) is 32.3 Å². The van der Waals surface area contributed by atoms with Crippen LogP contribution in [0.25, 0.3) is 0 Å². The van der Waals surface area contributed by atoms with Gasteiger partial charge in [0.05, 0.1) is 5.56 Å². The van der Waals surface area contributed by atoms with Crippen molar-refractivity contribution < 1.29 is 18.0 Å². The predicted molar refractivity (Wildman–Crippen MR) is 79.0 cm³/mol. The number of halogens is 4. The molecular formula is C15H18ClF3N2O. The molecule has 2 aliphatic rings. The minimum Gasteiger partial charge on any atom is -0.340 e. The molecule has 1 aromatic carbocycles. The van der Waals surface area contributed by atoms with Crippen LogP contribution in [0.2, 0.25) is 0 Å². The highest BCUT2D eigenvalue weighted by molar-refractivity contribution is 5.85. The first-order chi connectivity index (χ1) is 9.97. The Bertz CT molecular complexity index is 527. The molecule has 3 nitrogen and oxygen atoms in total. The zero-order valence-corrected chi connectivity index (χ0v) is 12.7. The summed E-state index contributed by atoms with van der Waals surface area (Å²) in [6.45, 7) is 3.05. The standard InChI is InChI=1S/C15H17F3N2O.ClH/c16-15(17,18)11-3-1-10(2-4-11)12-9-13(12)14(21)20-7-5-19-6-8-20;/h1-4,12-13,19H,5-9H2;1H. The summed E-state index contributed by atoms with van der Waals surface area (Å²) in [6.07, 6.45) is -3.56. The third-order valence-electron chi connectivity index (χ3n) is 4.20. The van der Waals surface area contributed by atoms with Crippen molar-refractivity contribution in [1.29, 1.82) is 0 Å². The molecule has 2 fully saturated rings. The van der Waals surface area contributed by atoms with Gasteiger partial charge in [0.2, 0.25) is 5.91 Å². The van der Waals surface area contributed by atoms with E-state index in [1.54, 1.807) is 0 Å². The predicted octanol–water partition coefficient (Wildman–Crippen LogP) is 2.66. The molecule has 1 heterocycles. The highest BCUT2D eigenvalue weighted by atomic mass is 35.5. The third-order valence-corrected chi connectivity index (χ3v) is 4.20. The summed E-state index contributed by atoms with van der Waals surface area (Å²) in [5.41, 5.74) is 0.188. The van der Waals surface area contributed by atoms with Crippen molar-refractivity contribution in [3.05, 3.63) is 35.4 Å². The number of hydrogen-bond acceptors (Lipinski definition) is 2. The quantitative estimate of drug-likeness (QED) is 0.902. The number of benzene rings is 1. The zero-order valence-electron chi connectivity index (χ0n) is 11.9. The van der Waals surface area contributed by atoms with Crippen LogP contribution >= 0.6 is 12.4 Å². The summed E-state index contributed by atoms with van der Waals surface area (Å²) < 4.78 is 37.6. The van der Waals surface area contributed by atoms with E-state index in [0.29, 0.717) is 0 Å². The number of rotatable bonds is 2. The smallest absolute Gasteiger partial charge is 0.340 e. The Labute approximate surface area is 133 Å². The average Bonchev–Trinajstić information content (AvgIpc) is 3.27. The van der Waals surface area contributed by atoms with Gasteiger partial charge in [-0.05, 0) is 30.0 Å². The molecule has 0 spiro atoms. The van der Waals surface area contributed by atoms with Gasteiger partial charge in [0, 0.05) is 32.1 Å². The molecule has 0 aromatic heterocycles. The Balaban J connectivity index is 0.00000176. The molecule has 2 atom stereocenters. The monoisotopic (exact) mass is 334 g/mol. The number of nitrogens with one attached hydrogen (secondary N) is 1. The molecule has 1 saturated heterocycles. The maximum absolute atomic E-state index is 12.5. The molecule has 122 valence electrons. The summed E-state index contributed by atoms with van der Waals surface area (Å²) in [7, 11) is 0. The highest BCUT2D eigenvalue weighted by Crippen LogP contribution is 2.48. The molecule has 3 rings (SSSR count). The van der Waals surface area contributed by atoms with Crippen LogP contribution in [0.3, 0.4) is 0 Å². The van der Waals surface area contributed by atoms with E-state index in [1.165, 1.54) is 12.1 Å². The first kappa shape index (κ1) is 17.1. The first-order valence-electron chi connectivity index (χ1n) is 7.13. The van der Waals surface area contributed by atoms with Gasteiger partial charge in [0.25, 0.3) is 0 Å². The average molecular weight is 335 g/mol. The second-order valence-electron chi connectivity index (χ2n) is 5.64. The molecule has 1 aliphatic heterocycles. The van der Waals surface area contributed by atoms with Gasteiger partial charge in [-0.25, -0.2) is 0 Å². The fraction of sp³-hybridized carbons (Fsp3) is 0.533. The number of carbonyl (C=O) groups is 1. The summed E-state index contributed by atoms with van der Waals surface area (Å²) in [5, 5.41) is 3.19. The summed E-state index contributed by atoms with van der Waals surface area (Å²) in [6, 6.07) is 5.19. The van der Waals surface area contributed by atoms with Crippen molar-refractivity contribution in [2.24, 2.45) is 5.92 Å². The van der Waals surface area contributed by atoms with Crippen LogP contribution < -0.4 is 5.32 Å². The van der Waals surface area contributed by atoms with Crippen molar-refractivity contribution in [3.63, 3.8) is 0 Å². The number of amides is 1. The van der Waals surface area contributed by atoms with Crippen molar-refractivity contribution in [2.45, 2.75) is 18.5 Å². The lowest BCUT2D eigenvalue weighted by molar-refractivity contribution is -0.137. The van der Waals surface area contributed by atoms with E-state index in [2.05, 4.69) is 5.32 Å². The highest BCUT2D eigenvalue weighted by Gasteiger charge is 2.46. The van der Waals surface area contributed by atoms with Crippen LogP contribution in [0, 0.1) is 5.92 Å². The summed E-state index contributed by atoms with van der Waals surface area (Å²) in [5.74, 6) is 0.163. The minimum atomic E-state index is -4.31. The molecule has 2 unspecified atom stereocenters. The van der Waals surface area contributed by atoms with Crippen LogP contribution in [0.1, 0.15) is 23.5 Å². The SMILES string of the molecule is Cl.O=C(C1CC1c1ccc(C(F)(F)F)cc1)N1CCNCC1. The first-order valence-corrected chi connectivity index (χ1v) is 7.13. The Kier molecular flexibility index (Phi) is 5.02. The van der Waals surface area contributed by atoms with E-state index < -0.39 is 11.7 Å².